The Morgan fingerprint density at radius 2 is 1.97 bits per heavy atom. The smallest absolute Gasteiger partial charge is 0.279 e. The second-order valence-corrected chi connectivity index (χ2v) is 8.70. The van der Waals surface area contributed by atoms with Gasteiger partial charge in [0.15, 0.2) is 16.7 Å². The van der Waals surface area contributed by atoms with Crippen molar-refractivity contribution >= 4 is 23.5 Å². The lowest BCUT2D eigenvalue weighted by Gasteiger charge is -2.27. The van der Waals surface area contributed by atoms with Crippen LogP contribution in [0.15, 0.2) is 52.4 Å². The Morgan fingerprint density at radius 3 is 2.69 bits per heavy atom. The molecule has 2 N–H and O–H groups in total. The molecule has 0 aliphatic carbocycles. The van der Waals surface area contributed by atoms with Crippen LogP contribution in [0.4, 0.5) is 5.82 Å². The minimum atomic E-state index is -0.471. The van der Waals surface area contributed by atoms with Gasteiger partial charge in [-0.15, -0.1) is 0 Å². The highest BCUT2D eigenvalue weighted by Crippen LogP contribution is 2.39. The summed E-state index contributed by atoms with van der Waals surface area (Å²) in [6.07, 6.45) is 0.121. The third-order valence-electron chi connectivity index (χ3n) is 5.48. The van der Waals surface area contributed by atoms with Crippen molar-refractivity contribution in [2.45, 2.75) is 37.1 Å². The van der Waals surface area contributed by atoms with Gasteiger partial charge in [-0.3, -0.25) is 9.59 Å². The summed E-state index contributed by atoms with van der Waals surface area (Å²) in [5.74, 6) is 0.818. The molecular weight excluding hydrogens is 426 g/mol. The predicted molar refractivity (Wildman–Crippen MR) is 125 cm³/mol. The van der Waals surface area contributed by atoms with Gasteiger partial charge in [-0.25, -0.2) is 0 Å². The molecule has 0 saturated heterocycles. The van der Waals surface area contributed by atoms with Crippen LogP contribution in [0.2, 0.25) is 0 Å². The van der Waals surface area contributed by atoms with Crippen molar-refractivity contribution in [3.63, 3.8) is 0 Å². The molecule has 7 nitrogen and oxygen atoms in total. The number of hydrogen-bond acceptors (Lipinski definition) is 6. The molecule has 2 aromatic carbocycles. The Kier molecular flexibility index (Phi) is 6.23. The molecule has 1 amide bonds. The number of nitrogens with one attached hydrogen (secondary N) is 1. The normalized spacial score (nSPS) is 15.2. The molecule has 0 spiro atoms. The van der Waals surface area contributed by atoms with Gasteiger partial charge in [0.2, 0.25) is 5.91 Å². The fraction of sp³-hybridized carbons (Fsp3) is 0.292. The van der Waals surface area contributed by atoms with Crippen LogP contribution in [0.25, 0.3) is 0 Å². The lowest BCUT2D eigenvalue weighted by Crippen LogP contribution is -2.33. The van der Waals surface area contributed by atoms with Crippen LogP contribution < -0.4 is 15.6 Å². The van der Waals surface area contributed by atoms with E-state index in [9.17, 15) is 14.7 Å². The molecule has 8 heteroatoms. The van der Waals surface area contributed by atoms with E-state index in [1.165, 1.54) is 23.4 Å². The summed E-state index contributed by atoms with van der Waals surface area (Å²) in [4.78, 5) is 30.0. The Labute approximate surface area is 190 Å². The quantitative estimate of drug-likeness (QED) is 0.435. The fourth-order valence-electron chi connectivity index (χ4n) is 3.80. The Morgan fingerprint density at radius 1 is 1.22 bits per heavy atom. The van der Waals surface area contributed by atoms with Gasteiger partial charge < -0.3 is 19.7 Å². The molecule has 0 bridgehead atoms. The average Bonchev–Trinajstić information content (AvgIpc) is 2.77. The number of phenolic OH excluding ortho intramolecular Hbond substituents is 1. The maximum atomic E-state index is 13.1. The van der Waals surface area contributed by atoms with Crippen LogP contribution in [0.5, 0.6) is 11.5 Å². The Balaban J connectivity index is 1.70. The van der Waals surface area contributed by atoms with Gasteiger partial charge >= 0.3 is 0 Å². The van der Waals surface area contributed by atoms with Gasteiger partial charge in [0.25, 0.3) is 5.56 Å². The van der Waals surface area contributed by atoms with E-state index in [2.05, 4.69) is 22.4 Å². The minimum Gasteiger partial charge on any atom is -0.504 e. The van der Waals surface area contributed by atoms with Gasteiger partial charge in [0, 0.05) is 25.1 Å². The summed E-state index contributed by atoms with van der Waals surface area (Å²) < 4.78 is 7.25. The van der Waals surface area contributed by atoms with E-state index in [-0.39, 0.29) is 23.6 Å². The van der Waals surface area contributed by atoms with Crippen LogP contribution in [0.3, 0.4) is 0 Å². The zero-order valence-corrected chi connectivity index (χ0v) is 19.0. The molecule has 1 unspecified atom stereocenters. The van der Waals surface area contributed by atoms with Crippen molar-refractivity contribution in [1.29, 1.82) is 0 Å². The number of phenols is 1. The maximum absolute atomic E-state index is 13.1. The average molecular weight is 452 g/mol. The number of carbonyl (C=O) groups excluding carboxylic acids is 1. The molecule has 0 fully saturated rings. The molecule has 0 radical (unpaired) electrons. The third kappa shape index (κ3) is 4.36. The molecule has 166 valence electrons. The van der Waals surface area contributed by atoms with Crippen molar-refractivity contribution in [3.8, 4) is 11.5 Å². The first kappa shape index (κ1) is 22.0. The standard InChI is InChI=1S/C24H25N3O4S/c1-4-31-19-11-16(9-10-18(19)28)17-12-20(29)25-22-21(17)23(30)26-24(27(22)3)32-13-15-7-5-14(2)6-8-15/h5-11,17,28H,4,12-13H2,1-3H3,(H,25,29). The molecule has 2 heterocycles. The zero-order chi connectivity index (χ0) is 22.8. The lowest BCUT2D eigenvalue weighted by molar-refractivity contribution is -0.116. The van der Waals surface area contributed by atoms with Crippen LogP contribution in [-0.2, 0) is 17.6 Å². The largest absolute Gasteiger partial charge is 0.504 e. The minimum absolute atomic E-state index is 0.0185. The van der Waals surface area contributed by atoms with E-state index in [1.807, 2.05) is 26.0 Å². The highest BCUT2D eigenvalue weighted by molar-refractivity contribution is 7.98. The summed E-state index contributed by atoms with van der Waals surface area (Å²) in [5, 5.41) is 13.4. The number of rotatable bonds is 6. The van der Waals surface area contributed by atoms with Crippen LogP contribution in [0.1, 0.15) is 41.5 Å². The molecule has 0 saturated carbocycles. The first-order valence-electron chi connectivity index (χ1n) is 10.4. The van der Waals surface area contributed by atoms with Gasteiger partial charge in [-0.05, 0) is 37.1 Å². The van der Waals surface area contributed by atoms with Crippen molar-refractivity contribution in [2.75, 3.05) is 11.9 Å². The van der Waals surface area contributed by atoms with E-state index >= 15 is 0 Å². The number of carbonyl (C=O) groups is 1. The van der Waals surface area contributed by atoms with Gasteiger partial charge in [-0.2, -0.15) is 4.98 Å². The number of fused-ring (bicyclic) bond motifs is 1. The molecule has 32 heavy (non-hydrogen) atoms. The first-order valence-corrected chi connectivity index (χ1v) is 11.4. The predicted octanol–water partition coefficient (Wildman–Crippen LogP) is 3.96. The Bertz CT molecular complexity index is 1220. The number of nitrogens with zero attached hydrogens (tertiary/aromatic N) is 2. The zero-order valence-electron chi connectivity index (χ0n) is 18.2. The second-order valence-electron chi connectivity index (χ2n) is 7.76. The number of thioether (sulfide) groups is 1. The number of amides is 1. The number of anilines is 1. The van der Waals surface area contributed by atoms with Gasteiger partial charge in [0.1, 0.15) is 5.82 Å². The molecule has 1 aliphatic heterocycles. The summed E-state index contributed by atoms with van der Waals surface area (Å²) in [6, 6.07) is 13.1. The highest BCUT2D eigenvalue weighted by Gasteiger charge is 2.32. The molecule has 4 rings (SSSR count). The van der Waals surface area contributed by atoms with Gasteiger partial charge in [-0.1, -0.05) is 47.7 Å². The number of aryl methyl sites for hydroxylation is 1. The molecule has 1 aliphatic rings. The molecule has 1 aromatic heterocycles. The third-order valence-corrected chi connectivity index (χ3v) is 6.58. The number of aromatic nitrogens is 2. The van der Waals surface area contributed by atoms with E-state index < -0.39 is 5.92 Å². The summed E-state index contributed by atoms with van der Waals surface area (Å²) in [7, 11) is 1.80. The summed E-state index contributed by atoms with van der Waals surface area (Å²) >= 11 is 1.45. The van der Waals surface area contributed by atoms with Crippen molar-refractivity contribution in [3.05, 3.63) is 75.1 Å². The number of hydrogen-bond donors (Lipinski definition) is 2. The SMILES string of the molecule is CCOc1cc(C2CC(=O)Nc3c2c(=O)nc(SCc2ccc(C)cc2)n3C)ccc1O. The lowest BCUT2D eigenvalue weighted by atomic mass is 9.86. The maximum Gasteiger partial charge on any atom is 0.279 e. The monoisotopic (exact) mass is 451 g/mol. The fourth-order valence-corrected chi connectivity index (χ4v) is 4.72. The number of aromatic hydroxyl groups is 1. The molecule has 1 atom stereocenters. The molecule has 3 aromatic rings. The van der Waals surface area contributed by atoms with Crippen LogP contribution in [-0.4, -0.2) is 27.2 Å². The topological polar surface area (TPSA) is 93.5 Å². The van der Waals surface area contributed by atoms with Gasteiger partial charge in [0.05, 0.1) is 12.2 Å². The Hall–Kier alpha value is -3.26. The number of ether oxygens (including phenoxy) is 1. The van der Waals surface area contributed by atoms with Crippen molar-refractivity contribution < 1.29 is 14.6 Å². The second kappa shape index (κ2) is 9.08. The highest BCUT2D eigenvalue weighted by atomic mass is 32.2. The van der Waals surface area contributed by atoms with E-state index in [0.717, 1.165) is 11.1 Å². The molecular formula is C24H25N3O4S. The van der Waals surface area contributed by atoms with Crippen LogP contribution in [0, 0.1) is 6.92 Å². The van der Waals surface area contributed by atoms with E-state index in [1.54, 1.807) is 23.7 Å². The van der Waals surface area contributed by atoms with E-state index in [4.69, 9.17) is 4.74 Å². The summed E-state index contributed by atoms with van der Waals surface area (Å²) in [6.45, 7) is 4.25. The summed E-state index contributed by atoms with van der Waals surface area (Å²) in [5.41, 5.74) is 3.12. The van der Waals surface area contributed by atoms with Crippen LogP contribution >= 0.6 is 11.8 Å². The number of benzene rings is 2. The first-order chi connectivity index (χ1) is 15.4. The van der Waals surface area contributed by atoms with E-state index in [0.29, 0.717) is 34.6 Å². The van der Waals surface area contributed by atoms with Crippen molar-refractivity contribution in [2.24, 2.45) is 7.05 Å². The van der Waals surface area contributed by atoms with Crippen molar-refractivity contribution in [1.82, 2.24) is 9.55 Å².